The van der Waals surface area contributed by atoms with Crippen LogP contribution in [0.4, 0.5) is 10.5 Å². The second-order valence-corrected chi connectivity index (χ2v) is 8.54. The molecule has 1 saturated heterocycles. The number of anilines is 1. The summed E-state index contributed by atoms with van der Waals surface area (Å²) in [5.74, 6) is 0.358. The highest BCUT2D eigenvalue weighted by molar-refractivity contribution is 6.31. The minimum atomic E-state index is -0.686. The molecule has 2 aromatic carbocycles. The van der Waals surface area contributed by atoms with Crippen LogP contribution in [0.3, 0.4) is 0 Å². The van der Waals surface area contributed by atoms with Crippen LogP contribution in [0.1, 0.15) is 18.5 Å². The van der Waals surface area contributed by atoms with Crippen molar-refractivity contribution in [3.05, 3.63) is 70.4 Å². The van der Waals surface area contributed by atoms with Crippen molar-refractivity contribution >= 4 is 29.3 Å². The number of carbonyl (C=O) groups is 2. The minimum Gasteiger partial charge on any atom is -0.497 e. The first-order valence-corrected chi connectivity index (χ1v) is 11.7. The number of esters is 1. The van der Waals surface area contributed by atoms with Crippen molar-refractivity contribution in [3.8, 4) is 5.75 Å². The molecule has 0 bridgehead atoms. The number of benzene rings is 2. The third kappa shape index (κ3) is 5.29. The summed E-state index contributed by atoms with van der Waals surface area (Å²) in [6.45, 7) is 5.60. The molecule has 0 aromatic heterocycles. The Balaban J connectivity index is 1.55. The number of ether oxygens (including phenoxy) is 2. The average molecular weight is 485 g/mol. The summed E-state index contributed by atoms with van der Waals surface area (Å²) in [5.41, 5.74) is 2.69. The van der Waals surface area contributed by atoms with Gasteiger partial charge >= 0.3 is 12.0 Å². The molecule has 4 rings (SSSR count). The Hall–Kier alpha value is -3.23. The van der Waals surface area contributed by atoms with Crippen molar-refractivity contribution < 1.29 is 19.1 Å². The van der Waals surface area contributed by atoms with Gasteiger partial charge in [-0.25, -0.2) is 9.59 Å². The zero-order valence-electron chi connectivity index (χ0n) is 19.3. The molecule has 2 aliphatic heterocycles. The summed E-state index contributed by atoms with van der Waals surface area (Å²) < 4.78 is 10.7. The van der Waals surface area contributed by atoms with E-state index in [9.17, 15) is 9.59 Å². The molecule has 2 aromatic rings. The molecule has 8 nitrogen and oxygen atoms in total. The van der Waals surface area contributed by atoms with Crippen molar-refractivity contribution in [2.75, 3.05) is 51.3 Å². The lowest BCUT2D eigenvalue weighted by Crippen LogP contribution is -2.51. The van der Waals surface area contributed by atoms with E-state index in [4.69, 9.17) is 21.1 Å². The molecule has 34 heavy (non-hydrogen) atoms. The van der Waals surface area contributed by atoms with Crippen molar-refractivity contribution in [2.24, 2.45) is 0 Å². The van der Waals surface area contributed by atoms with Gasteiger partial charge in [0.2, 0.25) is 0 Å². The number of rotatable bonds is 7. The third-order valence-electron chi connectivity index (χ3n) is 6.04. The van der Waals surface area contributed by atoms with Crippen molar-refractivity contribution in [3.63, 3.8) is 0 Å². The summed E-state index contributed by atoms with van der Waals surface area (Å²) in [4.78, 5) is 30.1. The quantitative estimate of drug-likeness (QED) is 0.586. The predicted octanol–water partition coefficient (Wildman–Crippen LogP) is 3.34. The van der Waals surface area contributed by atoms with Crippen molar-refractivity contribution in [1.29, 1.82) is 0 Å². The molecular formula is C25H29ClN4O4. The molecule has 0 aliphatic carbocycles. The highest BCUT2D eigenvalue weighted by Crippen LogP contribution is 2.32. The second-order valence-electron chi connectivity index (χ2n) is 8.13. The molecule has 0 radical (unpaired) electrons. The van der Waals surface area contributed by atoms with E-state index in [2.05, 4.69) is 26.5 Å². The Bertz CT molecular complexity index is 1080. The van der Waals surface area contributed by atoms with Crippen molar-refractivity contribution in [1.82, 2.24) is 15.5 Å². The first kappa shape index (κ1) is 23.9. The topological polar surface area (TPSA) is 83.1 Å². The highest BCUT2D eigenvalue weighted by atomic mass is 35.5. The minimum absolute atomic E-state index is 0.234. The van der Waals surface area contributed by atoms with E-state index in [1.165, 1.54) is 0 Å². The van der Waals surface area contributed by atoms with Gasteiger partial charge in [0.1, 0.15) is 5.75 Å². The fourth-order valence-electron chi connectivity index (χ4n) is 4.33. The van der Waals surface area contributed by atoms with Gasteiger partial charge in [-0.05, 0) is 30.7 Å². The van der Waals surface area contributed by atoms with Gasteiger partial charge in [-0.3, -0.25) is 4.90 Å². The normalized spacial score (nSPS) is 18.9. The maximum Gasteiger partial charge on any atom is 0.338 e. The maximum absolute atomic E-state index is 13.0. The van der Waals surface area contributed by atoms with Crippen LogP contribution >= 0.6 is 11.6 Å². The van der Waals surface area contributed by atoms with E-state index >= 15 is 0 Å². The molecule has 0 unspecified atom stereocenters. The summed E-state index contributed by atoms with van der Waals surface area (Å²) in [5, 5.41) is 6.16. The molecule has 1 atom stereocenters. The van der Waals surface area contributed by atoms with Crippen LogP contribution in [-0.4, -0.2) is 63.3 Å². The molecule has 2 N–H and O–H groups in total. The van der Waals surface area contributed by atoms with Gasteiger partial charge in [0, 0.05) is 55.2 Å². The largest absolute Gasteiger partial charge is 0.497 e. The van der Waals surface area contributed by atoms with Gasteiger partial charge in [0.25, 0.3) is 0 Å². The number of hydrogen-bond donors (Lipinski definition) is 2. The zero-order chi connectivity index (χ0) is 24.1. The molecule has 9 heteroatoms. The summed E-state index contributed by atoms with van der Waals surface area (Å²) in [7, 11) is 1.66. The monoisotopic (exact) mass is 484 g/mol. The molecule has 1 fully saturated rings. The number of piperazine rings is 1. The molecule has 180 valence electrons. The predicted molar refractivity (Wildman–Crippen MR) is 131 cm³/mol. The van der Waals surface area contributed by atoms with Crippen LogP contribution in [0.5, 0.6) is 5.75 Å². The Labute approximate surface area is 204 Å². The second kappa shape index (κ2) is 10.8. The van der Waals surface area contributed by atoms with E-state index < -0.39 is 12.0 Å². The SMILES string of the molecule is CCOC(=O)C1=C(CN2CCN(c3cccc(OC)c3)CC2)NC(=O)N[C@H]1c1ccccc1Cl. The first-order chi connectivity index (χ1) is 16.5. The summed E-state index contributed by atoms with van der Waals surface area (Å²) in [6, 6.07) is 14.1. The Morgan fingerprint density at radius 3 is 2.59 bits per heavy atom. The average Bonchev–Trinajstić information content (AvgIpc) is 2.84. The van der Waals surface area contributed by atoms with Crippen LogP contribution in [0.25, 0.3) is 0 Å². The van der Waals surface area contributed by atoms with E-state index in [-0.39, 0.29) is 12.6 Å². The lowest BCUT2D eigenvalue weighted by Gasteiger charge is -2.38. The molecule has 2 heterocycles. The number of methoxy groups -OCH3 is 1. The van der Waals surface area contributed by atoms with Gasteiger partial charge in [-0.2, -0.15) is 0 Å². The van der Waals surface area contributed by atoms with E-state index in [1.807, 2.05) is 36.4 Å². The van der Waals surface area contributed by atoms with Crippen LogP contribution in [0.2, 0.25) is 5.02 Å². The fraction of sp³-hybridized carbons (Fsp3) is 0.360. The van der Waals surface area contributed by atoms with Crippen molar-refractivity contribution in [2.45, 2.75) is 13.0 Å². The van der Waals surface area contributed by atoms with Gasteiger partial charge in [0.15, 0.2) is 0 Å². The standard InChI is InChI=1S/C25H29ClN4O4/c1-3-34-24(31)22-21(27-25(32)28-23(22)19-9-4-5-10-20(19)26)16-29-11-13-30(14-12-29)17-7-6-8-18(15-17)33-2/h4-10,15,23H,3,11-14,16H2,1-2H3,(H2,27,28,32)/t23-/m0/s1. The Kier molecular flexibility index (Phi) is 7.59. The number of halogens is 1. The van der Waals surface area contributed by atoms with Gasteiger partial charge in [-0.15, -0.1) is 0 Å². The smallest absolute Gasteiger partial charge is 0.338 e. The van der Waals surface area contributed by atoms with Gasteiger partial charge in [0.05, 0.1) is 25.3 Å². The molecular weight excluding hydrogens is 456 g/mol. The molecule has 0 saturated carbocycles. The summed E-state index contributed by atoms with van der Waals surface area (Å²) >= 11 is 6.42. The lowest BCUT2D eigenvalue weighted by molar-refractivity contribution is -0.139. The lowest BCUT2D eigenvalue weighted by atomic mass is 9.94. The number of nitrogens with zero attached hydrogens (tertiary/aromatic N) is 2. The molecule has 2 amide bonds. The van der Waals surface area contributed by atoms with E-state index in [0.717, 1.165) is 37.6 Å². The molecule has 2 aliphatic rings. The van der Waals surface area contributed by atoms with Gasteiger partial charge in [-0.1, -0.05) is 35.9 Å². The molecule has 0 spiro atoms. The van der Waals surface area contributed by atoms with Gasteiger partial charge < -0.3 is 25.0 Å². The Morgan fingerprint density at radius 1 is 1.12 bits per heavy atom. The number of amides is 2. The number of urea groups is 1. The number of carbonyl (C=O) groups excluding carboxylic acids is 2. The zero-order valence-corrected chi connectivity index (χ0v) is 20.1. The summed E-state index contributed by atoms with van der Waals surface area (Å²) in [6.07, 6.45) is 0. The van der Waals surface area contributed by atoms with E-state index in [0.29, 0.717) is 28.4 Å². The third-order valence-corrected chi connectivity index (χ3v) is 6.38. The Morgan fingerprint density at radius 2 is 1.88 bits per heavy atom. The number of nitrogens with one attached hydrogen (secondary N) is 2. The van der Waals surface area contributed by atoms with Crippen LogP contribution < -0.4 is 20.3 Å². The van der Waals surface area contributed by atoms with Crippen LogP contribution in [0, 0.1) is 0 Å². The maximum atomic E-state index is 13.0. The van der Waals surface area contributed by atoms with Crippen LogP contribution in [0.15, 0.2) is 59.8 Å². The van der Waals surface area contributed by atoms with Crippen LogP contribution in [-0.2, 0) is 9.53 Å². The number of hydrogen-bond acceptors (Lipinski definition) is 6. The van der Waals surface area contributed by atoms with E-state index in [1.54, 1.807) is 20.1 Å². The fourth-order valence-corrected chi connectivity index (χ4v) is 4.57. The first-order valence-electron chi connectivity index (χ1n) is 11.3. The highest BCUT2D eigenvalue weighted by Gasteiger charge is 2.35.